The molecule has 26 heavy (non-hydrogen) atoms. The van der Waals surface area contributed by atoms with Crippen molar-refractivity contribution in [3.05, 3.63) is 36.3 Å². The molecular formula is C16H17FN6O3. The van der Waals surface area contributed by atoms with Gasteiger partial charge in [-0.2, -0.15) is 0 Å². The Morgan fingerprint density at radius 2 is 2.08 bits per heavy atom. The van der Waals surface area contributed by atoms with Gasteiger partial charge >= 0.3 is 12.1 Å². The van der Waals surface area contributed by atoms with Crippen molar-refractivity contribution < 1.29 is 18.7 Å². The van der Waals surface area contributed by atoms with E-state index in [1.807, 2.05) is 5.32 Å². The number of alkyl carbamates (subject to hydrolysis) is 1. The molecule has 0 radical (unpaired) electrons. The lowest BCUT2D eigenvalue weighted by molar-refractivity contribution is 0.143. The molecule has 0 aliphatic heterocycles. The third-order valence-electron chi connectivity index (χ3n) is 3.57. The molecule has 3 rings (SSSR count). The number of hydrogen-bond acceptors (Lipinski definition) is 7. The standard InChI is InChI=1S/C16H17FN6O3/c17-16(4-5-16)9-26-14-20-6-10(7-21-14)12-3-1-2-11(22-12)8-25-15(24)23-13(18)19/h1-3,6-7H,4-5,8-9H2,(H4,18,19,23,24). The molecule has 1 aliphatic rings. The van der Waals surface area contributed by atoms with Crippen LogP contribution in [0.2, 0.25) is 0 Å². The first-order chi connectivity index (χ1) is 12.4. The predicted molar refractivity (Wildman–Crippen MR) is 89.1 cm³/mol. The van der Waals surface area contributed by atoms with Crippen LogP contribution >= 0.6 is 0 Å². The Morgan fingerprint density at radius 3 is 2.73 bits per heavy atom. The summed E-state index contributed by atoms with van der Waals surface area (Å²) in [5, 5.41) is 8.95. The second-order valence-corrected chi connectivity index (χ2v) is 5.82. The molecule has 9 nitrogen and oxygen atoms in total. The maximum absolute atomic E-state index is 13.5. The van der Waals surface area contributed by atoms with E-state index in [1.165, 1.54) is 12.4 Å². The number of carbonyl (C=O) groups excluding carboxylic acids is 1. The van der Waals surface area contributed by atoms with Gasteiger partial charge in [0.2, 0.25) is 0 Å². The van der Waals surface area contributed by atoms with Gasteiger partial charge in [0, 0.05) is 18.0 Å². The van der Waals surface area contributed by atoms with E-state index < -0.39 is 17.7 Å². The van der Waals surface area contributed by atoms with Crippen LogP contribution in [-0.4, -0.2) is 39.3 Å². The fraction of sp³-hybridized carbons (Fsp3) is 0.312. The number of nitrogens with one attached hydrogen (secondary N) is 2. The smallest absolute Gasteiger partial charge is 0.414 e. The molecule has 136 valence electrons. The quantitative estimate of drug-likeness (QED) is 0.525. The van der Waals surface area contributed by atoms with E-state index in [0.717, 1.165) is 0 Å². The van der Waals surface area contributed by atoms with Crippen LogP contribution in [0.1, 0.15) is 18.5 Å². The summed E-state index contributed by atoms with van der Waals surface area (Å²) in [6, 6.07) is 5.28. The van der Waals surface area contributed by atoms with Crippen LogP contribution in [-0.2, 0) is 11.3 Å². The molecule has 1 saturated carbocycles. The lowest BCUT2D eigenvalue weighted by Gasteiger charge is -2.08. The highest BCUT2D eigenvalue weighted by Gasteiger charge is 2.44. The average Bonchev–Trinajstić information content (AvgIpc) is 3.36. The van der Waals surface area contributed by atoms with Crippen molar-refractivity contribution in [2.45, 2.75) is 25.1 Å². The van der Waals surface area contributed by atoms with Gasteiger partial charge in [0.1, 0.15) is 18.9 Å². The summed E-state index contributed by atoms with van der Waals surface area (Å²) in [7, 11) is 0. The Bertz CT molecular complexity index is 810. The van der Waals surface area contributed by atoms with Crippen molar-refractivity contribution in [3.8, 4) is 17.3 Å². The van der Waals surface area contributed by atoms with Gasteiger partial charge in [0.25, 0.3) is 0 Å². The molecule has 2 aromatic rings. The number of halogens is 1. The Balaban J connectivity index is 1.60. The number of pyridine rings is 1. The molecule has 2 aromatic heterocycles. The number of amides is 1. The van der Waals surface area contributed by atoms with Crippen LogP contribution in [0.25, 0.3) is 11.3 Å². The minimum absolute atomic E-state index is 0.0419. The van der Waals surface area contributed by atoms with Crippen molar-refractivity contribution in [3.63, 3.8) is 0 Å². The van der Waals surface area contributed by atoms with Crippen LogP contribution in [0.15, 0.2) is 30.6 Å². The van der Waals surface area contributed by atoms with Crippen LogP contribution in [0.5, 0.6) is 6.01 Å². The van der Waals surface area contributed by atoms with Crippen LogP contribution < -0.4 is 15.8 Å². The van der Waals surface area contributed by atoms with Crippen molar-refractivity contribution in [2.24, 2.45) is 5.73 Å². The molecule has 0 saturated heterocycles. The lowest BCUT2D eigenvalue weighted by atomic mass is 10.2. The van der Waals surface area contributed by atoms with E-state index in [4.69, 9.17) is 20.6 Å². The minimum Gasteiger partial charge on any atom is -0.460 e. The van der Waals surface area contributed by atoms with E-state index in [-0.39, 0.29) is 19.2 Å². The molecule has 0 unspecified atom stereocenters. The number of rotatable bonds is 6. The summed E-state index contributed by atoms with van der Waals surface area (Å²) in [6.07, 6.45) is 3.23. The van der Waals surface area contributed by atoms with Crippen molar-refractivity contribution in [1.29, 1.82) is 5.41 Å². The predicted octanol–water partition coefficient (Wildman–Crippen LogP) is 1.54. The second kappa shape index (κ2) is 7.30. The fourth-order valence-electron chi connectivity index (χ4n) is 2.00. The third kappa shape index (κ3) is 4.85. The van der Waals surface area contributed by atoms with Gasteiger partial charge in [-0.25, -0.2) is 24.1 Å². The molecule has 0 atom stereocenters. The topological polar surface area (TPSA) is 136 Å². The fourth-order valence-corrected chi connectivity index (χ4v) is 2.00. The van der Waals surface area contributed by atoms with Crippen LogP contribution in [0.4, 0.5) is 9.18 Å². The van der Waals surface area contributed by atoms with Crippen molar-refractivity contribution >= 4 is 12.1 Å². The zero-order chi connectivity index (χ0) is 18.6. The Hall–Kier alpha value is -3.30. The highest BCUT2D eigenvalue weighted by Crippen LogP contribution is 2.39. The maximum atomic E-state index is 13.5. The first-order valence-corrected chi connectivity index (χ1v) is 7.81. The molecule has 1 amide bonds. The highest BCUT2D eigenvalue weighted by molar-refractivity contribution is 5.90. The summed E-state index contributed by atoms with van der Waals surface area (Å²) in [5.41, 5.74) is 5.51. The van der Waals surface area contributed by atoms with E-state index in [1.54, 1.807) is 18.2 Å². The van der Waals surface area contributed by atoms with Gasteiger partial charge in [-0.05, 0) is 25.0 Å². The third-order valence-corrected chi connectivity index (χ3v) is 3.57. The molecule has 1 fully saturated rings. The van der Waals surface area contributed by atoms with E-state index >= 15 is 0 Å². The summed E-state index contributed by atoms with van der Waals surface area (Å²) in [5.74, 6) is -0.503. The first kappa shape index (κ1) is 17.5. The van der Waals surface area contributed by atoms with Gasteiger partial charge in [-0.3, -0.25) is 10.7 Å². The van der Waals surface area contributed by atoms with Gasteiger partial charge < -0.3 is 15.2 Å². The zero-order valence-corrected chi connectivity index (χ0v) is 13.7. The zero-order valence-electron chi connectivity index (χ0n) is 13.7. The molecule has 1 aliphatic carbocycles. The van der Waals surface area contributed by atoms with E-state index in [9.17, 15) is 9.18 Å². The van der Waals surface area contributed by atoms with Gasteiger partial charge in [-0.1, -0.05) is 6.07 Å². The second-order valence-electron chi connectivity index (χ2n) is 5.82. The number of nitrogens with zero attached hydrogens (tertiary/aromatic N) is 3. The average molecular weight is 360 g/mol. The Labute approximate surface area is 148 Å². The number of nitrogens with two attached hydrogens (primary N) is 1. The molecule has 10 heteroatoms. The molecule has 0 bridgehead atoms. The number of guanidine groups is 1. The summed E-state index contributed by atoms with van der Waals surface area (Å²) >= 11 is 0. The van der Waals surface area contributed by atoms with Gasteiger partial charge in [-0.15, -0.1) is 0 Å². The molecular weight excluding hydrogens is 343 g/mol. The summed E-state index contributed by atoms with van der Waals surface area (Å²) in [6.45, 7) is -0.132. The Kier molecular flexibility index (Phi) is 4.92. The van der Waals surface area contributed by atoms with Gasteiger partial charge in [0.15, 0.2) is 5.96 Å². The SMILES string of the molecule is N=C(N)NC(=O)OCc1cccc(-c2cnc(OCC3(F)CC3)nc2)n1. The monoisotopic (exact) mass is 360 g/mol. The maximum Gasteiger partial charge on any atom is 0.414 e. The summed E-state index contributed by atoms with van der Waals surface area (Å²) < 4.78 is 23.7. The largest absolute Gasteiger partial charge is 0.460 e. The first-order valence-electron chi connectivity index (χ1n) is 7.81. The normalized spacial score (nSPS) is 14.3. The number of ether oxygens (including phenoxy) is 2. The number of carbonyl (C=O) groups is 1. The number of aromatic nitrogens is 3. The lowest BCUT2D eigenvalue weighted by Crippen LogP contribution is -2.36. The van der Waals surface area contributed by atoms with E-state index in [2.05, 4.69) is 15.0 Å². The molecule has 0 aromatic carbocycles. The minimum atomic E-state index is -1.23. The van der Waals surface area contributed by atoms with Crippen molar-refractivity contribution in [2.75, 3.05) is 6.61 Å². The van der Waals surface area contributed by atoms with Crippen LogP contribution in [0, 0.1) is 5.41 Å². The molecule has 0 spiro atoms. The van der Waals surface area contributed by atoms with E-state index in [0.29, 0.717) is 29.8 Å². The highest BCUT2D eigenvalue weighted by atomic mass is 19.1. The molecule has 4 N–H and O–H groups in total. The number of hydrogen-bond donors (Lipinski definition) is 3. The number of alkyl halides is 1. The summed E-state index contributed by atoms with van der Waals surface area (Å²) in [4.78, 5) is 23.8. The molecule has 2 heterocycles. The van der Waals surface area contributed by atoms with Crippen molar-refractivity contribution in [1.82, 2.24) is 20.3 Å². The van der Waals surface area contributed by atoms with Gasteiger partial charge in [0.05, 0.1) is 11.4 Å². The van der Waals surface area contributed by atoms with Crippen LogP contribution in [0.3, 0.4) is 0 Å². The Morgan fingerprint density at radius 1 is 1.35 bits per heavy atom.